The Balaban J connectivity index is 1.92. The second kappa shape index (κ2) is 33.0. The van der Waals surface area contributed by atoms with Crippen molar-refractivity contribution in [1.29, 1.82) is 0 Å². The molecule has 0 aliphatic heterocycles. The van der Waals surface area contributed by atoms with E-state index >= 15 is 0 Å². The Hall–Kier alpha value is -2.15. The van der Waals surface area contributed by atoms with Crippen molar-refractivity contribution in [3.63, 3.8) is 0 Å². The van der Waals surface area contributed by atoms with Gasteiger partial charge >= 0.3 is 0 Å². The predicted octanol–water partition coefficient (Wildman–Crippen LogP) is 13.1. The van der Waals surface area contributed by atoms with E-state index in [4.69, 9.17) is 20.9 Å². The van der Waals surface area contributed by atoms with Gasteiger partial charge < -0.3 is 20.9 Å². The van der Waals surface area contributed by atoms with Crippen molar-refractivity contribution in [2.75, 3.05) is 32.1 Å². The number of unbranched alkanes of at least 4 members (excludes halogenated alkanes) is 23. The normalized spacial score (nSPS) is 12.9. The summed E-state index contributed by atoms with van der Waals surface area (Å²) >= 11 is 0. The van der Waals surface area contributed by atoms with Gasteiger partial charge in [-0.15, -0.1) is 0 Å². The van der Waals surface area contributed by atoms with Gasteiger partial charge in [-0.1, -0.05) is 199 Å². The number of rotatable bonds is 38. The van der Waals surface area contributed by atoms with Gasteiger partial charge in [0.15, 0.2) is 0 Å². The molecule has 6 nitrogen and oxygen atoms in total. The molecule has 4 N–H and O–H groups in total. The first-order valence-electron chi connectivity index (χ1n) is 23.0. The molecule has 0 saturated heterocycles. The molecule has 1 amide bonds. The number of ether oxygens (including phenoxy) is 2. The quantitative estimate of drug-likeness (QED) is 0.0526. The Morgan fingerprint density at radius 1 is 0.630 bits per heavy atom. The first-order valence-corrected chi connectivity index (χ1v) is 23.0. The highest BCUT2D eigenvalue weighted by atomic mass is 16.5. The number of fused-ring (bicyclic) bond motifs is 1. The smallest absolute Gasteiger partial charge is 0.234 e. The molecule has 310 valence electrons. The third kappa shape index (κ3) is 23.0. The lowest BCUT2D eigenvalue weighted by Gasteiger charge is -2.33. The summed E-state index contributed by atoms with van der Waals surface area (Å²) in [4.78, 5) is 15.2. The number of nitrogens with two attached hydrogens (primary N) is 2. The molecule has 0 aliphatic carbocycles. The van der Waals surface area contributed by atoms with Gasteiger partial charge in [-0.25, -0.2) is 0 Å². The monoisotopic (exact) mass is 752 g/mol. The first kappa shape index (κ1) is 48.0. The van der Waals surface area contributed by atoms with Crippen LogP contribution in [0.5, 0.6) is 0 Å². The number of hydrogen-bond acceptors (Lipinski definition) is 5. The van der Waals surface area contributed by atoms with Gasteiger partial charge in [0, 0.05) is 37.4 Å². The molecule has 0 radical (unpaired) electrons. The summed E-state index contributed by atoms with van der Waals surface area (Å²) in [6.45, 7) is 9.93. The maximum absolute atomic E-state index is 13.0. The van der Waals surface area contributed by atoms with E-state index < -0.39 is 0 Å². The fourth-order valence-electron chi connectivity index (χ4n) is 7.80. The van der Waals surface area contributed by atoms with Crippen LogP contribution in [0.3, 0.4) is 0 Å². The summed E-state index contributed by atoms with van der Waals surface area (Å²) in [5.74, 6) is -0.269. The van der Waals surface area contributed by atoms with Crippen LogP contribution in [0.4, 0.5) is 5.69 Å². The lowest BCUT2D eigenvalue weighted by molar-refractivity contribution is -0.125. The SMILES string of the molecule is CCCCCCCCCCCCCCOC[C@H](CN(Cc1cc(N)c2ccccc2c1)C(CCCC)C(N)=O)OCCCCCCCCCCCCCC. The molecule has 0 aliphatic rings. The number of nitrogens with zero attached hydrogens (tertiary/aromatic N) is 1. The highest BCUT2D eigenvalue weighted by Gasteiger charge is 2.27. The van der Waals surface area contributed by atoms with Crippen LogP contribution in [-0.4, -0.2) is 49.3 Å². The third-order valence-corrected chi connectivity index (χ3v) is 11.2. The molecule has 0 aromatic heterocycles. The molecular formula is C48H85N3O3. The molecule has 2 aromatic rings. The van der Waals surface area contributed by atoms with E-state index in [1.54, 1.807) is 0 Å². The third-order valence-electron chi connectivity index (χ3n) is 11.2. The zero-order valence-electron chi connectivity index (χ0n) is 35.6. The fraction of sp³-hybridized carbons (Fsp3) is 0.771. The minimum atomic E-state index is -0.369. The van der Waals surface area contributed by atoms with E-state index in [0.29, 0.717) is 19.7 Å². The topological polar surface area (TPSA) is 90.8 Å². The van der Waals surface area contributed by atoms with Crippen LogP contribution in [-0.2, 0) is 20.8 Å². The van der Waals surface area contributed by atoms with E-state index in [1.807, 2.05) is 12.1 Å². The van der Waals surface area contributed by atoms with Crippen LogP contribution >= 0.6 is 0 Å². The molecule has 2 aromatic carbocycles. The maximum atomic E-state index is 13.0. The Morgan fingerprint density at radius 2 is 1.11 bits per heavy atom. The first-order chi connectivity index (χ1) is 26.5. The van der Waals surface area contributed by atoms with Crippen molar-refractivity contribution in [2.45, 2.75) is 213 Å². The summed E-state index contributed by atoms with van der Waals surface area (Å²) < 4.78 is 12.9. The molecule has 2 rings (SSSR count). The number of benzene rings is 2. The van der Waals surface area contributed by atoms with Crippen LogP contribution in [0.1, 0.15) is 200 Å². The average molecular weight is 752 g/mol. The number of anilines is 1. The van der Waals surface area contributed by atoms with Crippen molar-refractivity contribution in [2.24, 2.45) is 5.73 Å². The molecule has 0 heterocycles. The number of carbonyl (C=O) groups is 1. The van der Waals surface area contributed by atoms with Gasteiger partial charge in [-0.05, 0) is 42.3 Å². The van der Waals surface area contributed by atoms with Gasteiger partial charge in [0.25, 0.3) is 0 Å². The summed E-state index contributed by atoms with van der Waals surface area (Å²) in [5.41, 5.74) is 14.5. The molecule has 0 spiro atoms. The largest absolute Gasteiger partial charge is 0.398 e. The van der Waals surface area contributed by atoms with E-state index in [2.05, 4.69) is 49.9 Å². The molecular weight excluding hydrogens is 667 g/mol. The predicted molar refractivity (Wildman–Crippen MR) is 234 cm³/mol. The molecule has 0 saturated carbocycles. The van der Waals surface area contributed by atoms with Crippen molar-refractivity contribution >= 4 is 22.4 Å². The van der Waals surface area contributed by atoms with E-state index in [9.17, 15) is 4.79 Å². The molecule has 0 fully saturated rings. The van der Waals surface area contributed by atoms with Crippen LogP contribution in [0, 0.1) is 0 Å². The standard InChI is InChI=1S/C48H85N3O3/c1-4-7-10-12-14-16-18-20-22-24-26-30-35-53-41-44(54-36-31-27-25-23-21-19-17-15-13-11-8-5-2)40-51(47(48(50)52)34-9-6-3)39-42-37-43-32-28-29-33-45(43)46(49)38-42/h28-29,32-33,37-38,44,47H,4-27,30-31,34-36,39-41,49H2,1-3H3,(H2,50,52)/t44-,47?/m0/s1. The van der Waals surface area contributed by atoms with Gasteiger partial charge in [0.05, 0.1) is 18.8 Å². The number of carbonyl (C=O) groups excluding carboxylic acids is 1. The molecule has 6 heteroatoms. The summed E-state index contributed by atoms with van der Waals surface area (Å²) in [7, 11) is 0. The van der Waals surface area contributed by atoms with Crippen LogP contribution in [0.15, 0.2) is 36.4 Å². The number of amides is 1. The van der Waals surface area contributed by atoms with Crippen LogP contribution in [0.25, 0.3) is 10.8 Å². The molecule has 54 heavy (non-hydrogen) atoms. The number of primary amides is 1. The van der Waals surface area contributed by atoms with Crippen molar-refractivity contribution in [1.82, 2.24) is 4.90 Å². The lowest BCUT2D eigenvalue weighted by atomic mass is 10.0. The van der Waals surface area contributed by atoms with Crippen molar-refractivity contribution in [3.05, 3.63) is 42.0 Å². The molecule has 1 unspecified atom stereocenters. The van der Waals surface area contributed by atoms with Crippen LogP contribution < -0.4 is 11.5 Å². The lowest BCUT2D eigenvalue weighted by Crippen LogP contribution is -2.48. The second-order valence-corrected chi connectivity index (χ2v) is 16.2. The van der Waals surface area contributed by atoms with Gasteiger partial charge in [-0.3, -0.25) is 9.69 Å². The zero-order valence-corrected chi connectivity index (χ0v) is 35.6. The average Bonchev–Trinajstić information content (AvgIpc) is 3.16. The maximum Gasteiger partial charge on any atom is 0.234 e. The summed E-state index contributed by atoms with van der Waals surface area (Å²) in [6, 6.07) is 12.1. The minimum absolute atomic E-state index is 0.128. The van der Waals surface area contributed by atoms with Gasteiger partial charge in [-0.2, -0.15) is 0 Å². The summed E-state index contributed by atoms with van der Waals surface area (Å²) in [5, 5.41) is 2.17. The summed E-state index contributed by atoms with van der Waals surface area (Å²) in [6.07, 6.45) is 34.5. The highest BCUT2D eigenvalue weighted by Crippen LogP contribution is 2.25. The van der Waals surface area contributed by atoms with Crippen molar-refractivity contribution in [3.8, 4) is 0 Å². The fourth-order valence-corrected chi connectivity index (χ4v) is 7.80. The minimum Gasteiger partial charge on any atom is -0.398 e. The Kier molecular flexibility index (Phi) is 29.4. The second-order valence-electron chi connectivity index (χ2n) is 16.2. The Bertz CT molecular complexity index is 1170. The number of nitrogen functional groups attached to an aromatic ring is 1. The highest BCUT2D eigenvalue weighted by molar-refractivity contribution is 5.93. The van der Waals surface area contributed by atoms with E-state index in [-0.39, 0.29) is 18.1 Å². The zero-order chi connectivity index (χ0) is 38.9. The molecule has 0 bridgehead atoms. The van der Waals surface area contributed by atoms with E-state index in [1.165, 1.54) is 141 Å². The molecule has 2 atom stereocenters. The van der Waals surface area contributed by atoms with Crippen molar-refractivity contribution < 1.29 is 14.3 Å². The Morgan fingerprint density at radius 3 is 1.63 bits per heavy atom. The van der Waals surface area contributed by atoms with Crippen LogP contribution in [0.2, 0.25) is 0 Å². The van der Waals surface area contributed by atoms with E-state index in [0.717, 1.165) is 67.3 Å². The Labute approximate surface area is 333 Å². The van der Waals surface area contributed by atoms with Gasteiger partial charge in [0.2, 0.25) is 5.91 Å². The van der Waals surface area contributed by atoms with Gasteiger partial charge in [0.1, 0.15) is 0 Å². The number of hydrogen-bond donors (Lipinski definition) is 2.